The van der Waals surface area contributed by atoms with E-state index in [1.807, 2.05) is 0 Å². The molecule has 1 aliphatic heterocycles. The Morgan fingerprint density at radius 3 is 2.10 bits per heavy atom. The fourth-order valence-electron chi connectivity index (χ4n) is 4.31. The second kappa shape index (κ2) is 6.33. The van der Waals surface area contributed by atoms with Crippen LogP contribution in [-0.2, 0) is 4.74 Å². The van der Waals surface area contributed by atoms with Gasteiger partial charge in [0, 0.05) is 25.7 Å². The summed E-state index contributed by atoms with van der Waals surface area (Å²) in [5, 5.41) is 0. The van der Waals surface area contributed by atoms with Crippen LogP contribution in [0.15, 0.2) is 0 Å². The molecule has 118 valence electrons. The molecular formula is C17H34N2O. The molecule has 1 saturated carbocycles. The van der Waals surface area contributed by atoms with Gasteiger partial charge in [0.15, 0.2) is 0 Å². The van der Waals surface area contributed by atoms with Crippen LogP contribution in [0.3, 0.4) is 0 Å². The summed E-state index contributed by atoms with van der Waals surface area (Å²) in [5.74, 6) is 0.895. The maximum Gasteiger partial charge on any atom is 0.0760 e. The normalized spacial score (nSPS) is 29.2. The van der Waals surface area contributed by atoms with Crippen LogP contribution in [0.2, 0.25) is 0 Å². The average molecular weight is 282 g/mol. The van der Waals surface area contributed by atoms with Gasteiger partial charge in [0.1, 0.15) is 0 Å². The van der Waals surface area contributed by atoms with E-state index in [0.29, 0.717) is 6.04 Å². The van der Waals surface area contributed by atoms with Crippen molar-refractivity contribution in [2.24, 2.45) is 11.7 Å². The van der Waals surface area contributed by atoms with Crippen LogP contribution in [0.4, 0.5) is 0 Å². The van der Waals surface area contributed by atoms with Crippen molar-refractivity contribution < 1.29 is 4.74 Å². The Bertz CT molecular complexity index is 292. The quantitative estimate of drug-likeness (QED) is 0.860. The lowest BCUT2D eigenvalue weighted by atomic mass is 9.84. The summed E-state index contributed by atoms with van der Waals surface area (Å²) < 4.78 is 6.19. The van der Waals surface area contributed by atoms with Crippen LogP contribution in [0, 0.1) is 5.92 Å². The fraction of sp³-hybridized carbons (Fsp3) is 1.00. The van der Waals surface area contributed by atoms with Crippen molar-refractivity contribution >= 4 is 0 Å². The second-order valence-electron chi connectivity index (χ2n) is 8.16. The summed E-state index contributed by atoms with van der Waals surface area (Å²) in [6.07, 6.45) is 8.37. The molecule has 0 amide bonds. The average Bonchev–Trinajstić information content (AvgIpc) is 2.33. The molecule has 2 aliphatic rings. The molecule has 20 heavy (non-hydrogen) atoms. The minimum Gasteiger partial charge on any atom is -0.367 e. The van der Waals surface area contributed by atoms with Crippen molar-refractivity contribution in [1.29, 1.82) is 0 Å². The molecule has 3 heteroatoms. The molecule has 0 spiro atoms. The van der Waals surface area contributed by atoms with Gasteiger partial charge in [-0.25, -0.2) is 0 Å². The van der Waals surface area contributed by atoms with Crippen LogP contribution < -0.4 is 5.73 Å². The highest BCUT2D eigenvalue weighted by molar-refractivity contribution is 4.92. The molecule has 1 atom stereocenters. The van der Waals surface area contributed by atoms with Crippen LogP contribution in [0.1, 0.15) is 66.2 Å². The van der Waals surface area contributed by atoms with E-state index in [0.717, 1.165) is 25.6 Å². The van der Waals surface area contributed by atoms with E-state index in [-0.39, 0.29) is 11.2 Å². The van der Waals surface area contributed by atoms with Crippen molar-refractivity contribution in [2.75, 3.05) is 19.6 Å². The Morgan fingerprint density at radius 1 is 1.05 bits per heavy atom. The topological polar surface area (TPSA) is 38.5 Å². The number of rotatable bonds is 4. The first-order valence-corrected chi connectivity index (χ1v) is 8.46. The highest BCUT2D eigenvalue weighted by Gasteiger charge is 2.40. The Hall–Kier alpha value is -0.120. The van der Waals surface area contributed by atoms with Gasteiger partial charge in [0.25, 0.3) is 0 Å². The third-order valence-electron chi connectivity index (χ3n) is 4.84. The summed E-state index contributed by atoms with van der Waals surface area (Å²) in [4.78, 5) is 2.60. The predicted octanol–water partition coefficient (Wildman–Crippen LogP) is 3.17. The van der Waals surface area contributed by atoms with E-state index in [2.05, 4.69) is 32.6 Å². The molecular weight excluding hydrogens is 248 g/mol. The maximum atomic E-state index is 6.19. The second-order valence-corrected chi connectivity index (χ2v) is 8.16. The molecule has 1 aliphatic carbocycles. The van der Waals surface area contributed by atoms with Crippen LogP contribution in [-0.4, -0.2) is 41.8 Å². The lowest BCUT2D eigenvalue weighted by Gasteiger charge is -2.50. The van der Waals surface area contributed by atoms with Crippen LogP contribution >= 0.6 is 0 Å². The highest BCUT2D eigenvalue weighted by Crippen LogP contribution is 2.33. The SMILES string of the molecule is CC1(C)CN(C(CN)CC2CCCCC2)CC(C)(C)O1. The number of nitrogens with zero attached hydrogens (tertiary/aromatic N) is 1. The van der Waals surface area contributed by atoms with E-state index in [1.54, 1.807) is 0 Å². The van der Waals surface area contributed by atoms with Crippen LogP contribution in [0.5, 0.6) is 0 Å². The molecule has 0 aromatic heterocycles. The molecule has 1 unspecified atom stereocenters. The van der Waals surface area contributed by atoms with E-state index >= 15 is 0 Å². The van der Waals surface area contributed by atoms with Gasteiger partial charge in [-0.1, -0.05) is 32.1 Å². The first-order chi connectivity index (χ1) is 9.31. The van der Waals surface area contributed by atoms with Crippen molar-refractivity contribution in [1.82, 2.24) is 4.90 Å². The Morgan fingerprint density at radius 2 is 1.60 bits per heavy atom. The standard InChI is InChI=1S/C17H34N2O/c1-16(2)12-19(13-17(3,4)20-16)15(11-18)10-14-8-6-5-7-9-14/h14-15H,5-13,18H2,1-4H3. The number of hydrogen-bond acceptors (Lipinski definition) is 3. The Kier molecular flexibility index (Phi) is 5.14. The summed E-state index contributed by atoms with van der Waals surface area (Å²) in [7, 11) is 0. The monoisotopic (exact) mass is 282 g/mol. The van der Waals surface area contributed by atoms with Crippen molar-refractivity contribution in [3.8, 4) is 0 Å². The third-order valence-corrected chi connectivity index (χ3v) is 4.84. The smallest absolute Gasteiger partial charge is 0.0760 e. The lowest BCUT2D eigenvalue weighted by Crippen LogP contribution is -2.61. The summed E-state index contributed by atoms with van der Waals surface area (Å²) in [6, 6.07) is 0.528. The molecule has 0 bridgehead atoms. The Labute approximate surface area is 125 Å². The summed E-state index contributed by atoms with van der Waals surface area (Å²) >= 11 is 0. The molecule has 0 aromatic carbocycles. The molecule has 2 N–H and O–H groups in total. The zero-order chi connectivity index (χ0) is 14.8. The van der Waals surface area contributed by atoms with Crippen molar-refractivity contribution in [2.45, 2.75) is 83.5 Å². The summed E-state index contributed by atoms with van der Waals surface area (Å²) in [6.45, 7) is 11.6. The largest absolute Gasteiger partial charge is 0.367 e. The maximum absolute atomic E-state index is 6.19. The molecule has 1 saturated heterocycles. The van der Waals surface area contributed by atoms with Gasteiger partial charge in [0.05, 0.1) is 11.2 Å². The summed E-state index contributed by atoms with van der Waals surface area (Å²) in [5.41, 5.74) is 5.98. The molecule has 3 nitrogen and oxygen atoms in total. The molecule has 0 aromatic rings. The van der Waals surface area contributed by atoms with Gasteiger partial charge >= 0.3 is 0 Å². The van der Waals surface area contributed by atoms with Crippen LogP contribution in [0.25, 0.3) is 0 Å². The van der Waals surface area contributed by atoms with Gasteiger partial charge < -0.3 is 10.5 Å². The van der Waals surface area contributed by atoms with E-state index < -0.39 is 0 Å². The number of nitrogens with two attached hydrogens (primary N) is 1. The van der Waals surface area contributed by atoms with E-state index in [9.17, 15) is 0 Å². The van der Waals surface area contributed by atoms with Gasteiger partial charge in [0.2, 0.25) is 0 Å². The molecule has 2 fully saturated rings. The minimum atomic E-state index is -0.0677. The fourth-order valence-corrected chi connectivity index (χ4v) is 4.31. The number of ether oxygens (including phenoxy) is 1. The lowest BCUT2D eigenvalue weighted by molar-refractivity contribution is -0.188. The van der Waals surface area contributed by atoms with Crippen molar-refractivity contribution in [3.05, 3.63) is 0 Å². The zero-order valence-corrected chi connectivity index (χ0v) is 14.0. The number of morpholine rings is 1. The molecule has 2 rings (SSSR count). The predicted molar refractivity (Wildman–Crippen MR) is 84.9 cm³/mol. The zero-order valence-electron chi connectivity index (χ0n) is 14.0. The third kappa shape index (κ3) is 4.44. The van der Waals surface area contributed by atoms with Gasteiger partial charge in [-0.15, -0.1) is 0 Å². The van der Waals surface area contributed by atoms with Gasteiger partial charge in [-0.3, -0.25) is 4.90 Å². The highest BCUT2D eigenvalue weighted by atomic mass is 16.5. The minimum absolute atomic E-state index is 0.0677. The van der Waals surface area contributed by atoms with E-state index in [4.69, 9.17) is 10.5 Å². The Balaban J connectivity index is 1.98. The molecule has 0 radical (unpaired) electrons. The number of hydrogen-bond donors (Lipinski definition) is 1. The first kappa shape index (κ1) is 16.3. The van der Waals surface area contributed by atoms with E-state index in [1.165, 1.54) is 38.5 Å². The molecule has 1 heterocycles. The van der Waals surface area contributed by atoms with Gasteiger partial charge in [-0.2, -0.15) is 0 Å². The first-order valence-electron chi connectivity index (χ1n) is 8.46. The van der Waals surface area contributed by atoms with Crippen molar-refractivity contribution in [3.63, 3.8) is 0 Å². The van der Waals surface area contributed by atoms with Gasteiger partial charge in [-0.05, 0) is 40.0 Å².